The van der Waals surface area contributed by atoms with Crippen LogP contribution in [0.3, 0.4) is 0 Å². The number of aliphatic carboxylic acids is 1. The van der Waals surface area contributed by atoms with E-state index < -0.39 is 17.9 Å². The third-order valence-corrected chi connectivity index (χ3v) is 5.36. The van der Waals surface area contributed by atoms with E-state index in [1.807, 2.05) is 24.3 Å². The average molecular weight is 395 g/mol. The van der Waals surface area contributed by atoms with Gasteiger partial charge in [-0.1, -0.05) is 12.1 Å². The van der Waals surface area contributed by atoms with Crippen molar-refractivity contribution in [3.8, 4) is 0 Å². The Labute approximate surface area is 148 Å². The molecular formula is C17H19BrN2O4. The highest BCUT2D eigenvalue weighted by Gasteiger charge is 2.41. The van der Waals surface area contributed by atoms with Crippen LogP contribution in [0.5, 0.6) is 0 Å². The molecule has 2 aliphatic heterocycles. The number of carbonyl (C=O) groups is 3. The van der Waals surface area contributed by atoms with Gasteiger partial charge in [-0.25, -0.2) is 4.79 Å². The smallest absolute Gasteiger partial charge is 0.326 e. The third-order valence-electron chi connectivity index (χ3n) is 4.69. The number of carboxylic acid groups (broad SMARTS) is 1. The molecule has 7 heteroatoms. The van der Waals surface area contributed by atoms with Crippen molar-refractivity contribution in [2.24, 2.45) is 5.92 Å². The number of nitrogens with zero attached hydrogens (tertiary/aromatic N) is 2. The number of likely N-dealkylation sites (tertiary alicyclic amines) is 1. The first-order valence-corrected chi connectivity index (χ1v) is 8.86. The molecule has 1 aromatic carbocycles. The summed E-state index contributed by atoms with van der Waals surface area (Å²) in [6, 6.07) is 6.62. The third kappa shape index (κ3) is 3.17. The number of para-hydroxylation sites is 1. The summed E-state index contributed by atoms with van der Waals surface area (Å²) < 4.78 is 0.799. The van der Waals surface area contributed by atoms with Gasteiger partial charge in [-0.3, -0.25) is 9.59 Å². The Kier molecular flexibility index (Phi) is 4.89. The van der Waals surface area contributed by atoms with Crippen LogP contribution in [0.25, 0.3) is 0 Å². The topological polar surface area (TPSA) is 77.9 Å². The van der Waals surface area contributed by atoms with E-state index >= 15 is 0 Å². The fraction of sp³-hybridized carbons (Fsp3) is 0.471. The zero-order chi connectivity index (χ0) is 17.3. The molecule has 0 saturated carbocycles. The van der Waals surface area contributed by atoms with Gasteiger partial charge in [0.2, 0.25) is 11.8 Å². The summed E-state index contributed by atoms with van der Waals surface area (Å²) in [5, 5.41) is 9.34. The number of halogens is 1. The van der Waals surface area contributed by atoms with Crippen molar-refractivity contribution < 1.29 is 19.5 Å². The Morgan fingerprint density at radius 2 is 1.96 bits per heavy atom. The molecule has 2 unspecified atom stereocenters. The Balaban J connectivity index is 1.76. The van der Waals surface area contributed by atoms with Gasteiger partial charge in [0.25, 0.3) is 0 Å². The summed E-state index contributed by atoms with van der Waals surface area (Å²) in [5.41, 5.74) is 0.742. The van der Waals surface area contributed by atoms with Gasteiger partial charge in [-0.05, 0) is 47.3 Å². The number of carbonyl (C=O) groups excluding carboxylic acids is 2. The first-order valence-electron chi connectivity index (χ1n) is 8.07. The minimum absolute atomic E-state index is 0.107. The summed E-state index contributed by atoms with van der Waals surface area (Å²) in [6.07, 6.45) is 2.23. The van der Waals surface area contributed by atoms with Crippen LogP contribution in [0.15, 0.2) is 28.7 Å². The van der Waals surface area contributed by atoms with E-state index in [1.54, 1.807) is 4.90 Å². The summed E-state index contributed by atoms with van der Waals surface area (Å²) in [5.74, 6) is -1.77. The maximum absolute atomic E-state index is 12.8. The lowest BCUT2D eigenvalue weighted by Gasteiger charge is -2.34. The molecule has 2 atom stereocenters. The molecule has 128 valence electrons. The molecule has 1 aromatic rings. The van der Waals surface area contributed by atoms with Crippen LogP contribution in [-0.2, 0) is 14.4 Å². The molecular weight excluding hydrogens is 376 g/mol. The van der Waals surface area contributed by atoms with E-state index in [0.29, 0.717) is 19.5 Å². The molecule has 2 heterocycles. The van der Waals surface area contributed by atoms with Crippen molar-refractivity contribution in [1.82, 2.24) is 4.90 Å². The highest BCUT2D eigenvalue weighted by Crippen LogP contribution is 2.32. The largest absolute Gasteiger partial charge is 0.480 e. The maximum Gasteiger partial charge on any atom is 0.326 e. The second-order valence-electron chi connectivity index (χ2n) is 6.24. The summed E-state index contributed by atoms with van der Waals surface area (Å²) in [6.45, 7) is 0.749. The number of amides is 2. The van der Waals surface area contributed by atoms with Crippen molar-refractivity contribution in [3.05, 3.63) is 28.7 Å². The molecule has 0 radical (unpaired) electrons. The molecule has 2 aliphatic rings. The van der Waals surface area contributed by atoms with Crippen LogP contribution in [0.1, 0.15) is 25.7 Å². The highest BCUT2D eigenvalue weighted by molar-refractivity contribution is 9.10. The van der Waals surface area contributed by atoms with Crippen LogP contribution in [-0.4, -0.2) is 46.9 Å². The zero-order valence-electron chi connectivity index (χ0n) is 13.2. The Morgan fingerprint density at radius 3 is 2.67 bits per heavy atom. The molecule has 1 N–H and O–H groups in total. The van der Waals surface area contributed by atoms with Gasteiger partial charge in [0.05, 0.1) is 11.6 Å². The van der Waals surface area contributed by atoms with Crippen molar-refractivity contribution in [2.45, 2.75) is 31.7 Å². The highest BCUT2D eigenvalue weighted by atomic mass is 79.9. The van der Waals surface area contributed by atoms with Crippen LogP contribution >= 0.6 is 15.9 Å². The van der Waals surface area contributed by atoms with Gasteiger partial charge in [0, 0.05) is 24.0 Å². The van der Waals surface area contributed by atoms with Gasteiger partial charge in [-0.2, -0.15) is 0 Å². The van der Waals surface area contributed by atoms with Gasteiger partial charge in [-0.15, -0.1) is 0 Å². The number of anilines is 1. The monoisotopic (exact) mass is 394 g/mol. The predicted molar refractivity (Wildman–Crippen MR) is 91.6 cm³/mol. The number of benzene rings is 1. The molecule has 6 nitrogen and oxygen atoms in total. The number of piperidine rings is 1. The van der Waals surface area contributed by atoms with E-state index in [1.165, 1.54) is 4.90 Å². The van der Waals surface area contributed by atoms with E-state index in [-0.39, 0.29) is 18.2 Å². The lowest BCUT2D eigenvalue weighted by Crippen LogP contribution is -2.50. The standard InChI is InChI=1S/C17H19BrN2O4/c18-12-5-1-2-6-13(12)20-10-11(9-15(20)21)16(22)19-8-4-3-7-14(19)17(23)24/h1-2,5-6,11,14H,3-4,7-10H2,(H,23,24). The van der Waals surface area contributed by atoms with Crippen molar-refractivity contribution in [2.75, 3.05) is 18.0 Å². The van der Waals surface area contributed by atoms with Crippen LogP contribution < -0.4 is 4.90 Å². The molecule has 0 aliphatic carbocycles. The van der Waals surface area contributed by atoms with Crippen LogP contribution in [0.4, 0.5) is 5.69 Å². The SMILES string of the molecule is O=C(O)C1CCCCN1C(=O)C1CC(=O)N(c2ccccc2Br)C1. The van der Waals surface area contributed by atoms with Crippen LogP contribution in [0.2, 0.25) is 0 Å². The van der Waals surface area contributed by atoms with Gasteiger partial charge < -0.3 is 14.9 Å². The van der Waals surface area contributed by atoms with Crippen molar-refractivity contribution in [3.63, 3.8) is 0 Å². The molecule has 0 spiro atoms. The van der Waals surface area contributed by atoms with E-state index in [2.05, 4.69) is 15.9 Å². The average Bonchev–Trinajstić information content (AvgIpc) is 2.96. The zero-order valence-corrected chi connectivity index (χ0v) is 14.7. The summed E-state index contributed by atoms with van der Waals surface area (Å²) in [7, 11) is 0. The normalized spacial score (nSPS) is 24.3. The second-order valence-corrected chi connectivity index (χ2v) is 7.09. The van der Waals surface area contributed by atoms with E-state index in [0.717, 1.165) is 23.0 Å². The minimum Gasteiger partial charge on any atom is -0.480 e. The van der Waals surface area contributed by atoms with Crippen LogP contribution in [0, 0.1) is 5.92 Å². The molecule has 3 rings (SSSR count). The van der Waals surface area contributed by atoms with E-state index in [4.69, 9.17) is 0 Å². The molecule has 0 aromatic heterocycles. The van der Waals surface area contributed by atoms with Crippen molar-refractivity contribution in [1.29, 1.82) is 0 Å². The Hall–Kier alpha value is -1.89. The Bertz CT molecular complexity index is 678. The van der Waals surface area contributed by atoms with Gasteiger partial charge in [0.1, 0.15) is 6.04 Å². The lowest BCUT2D eigenvalue weighted by atomic mass is 9.98. The first-order chi connectivity index (χ1) is 11.5. The molecule has 2 amide bonds. The summed E-state index contributed by atoms with van der Waals surface area (Å²) >= 11 is 3.43. The minimum atomic E-state index is -0.963. The first kappa shape index (κ1) is 17.0. The molecule has 2 saturated heterocycles. The second kappa shape index (κ2) is 6.93. The number of hydrogen-bond donors (Lipinski definition) is 1. The fourth-order valence-electron chi connectivity index (χ4n) is 3.46. The molecule has 0 bridgehead atoms. The molecule has 2 fully saturated rings. The number of carboxylic acids is 1. The maximum atomic E-state index is 12.8. The van der Waals surface area contributed by atoms with Gasteiger partial charge >= 0.3 is 5.97 Å². The predicted octanol–water partition coefficient (Wildman–Crippen LogP) is 2.27. The fourth-order valence-corrected chi connectivity index (χ4v) is 3.96. The van der Waals surface area contributed by atoms with Crippen molar-refractivity contribution >= 4 is 39.4 Å². The quantitative estimate of drug-likeness (QED) is 0.852. The van der Waals surface area contributed by atoms with E-state index in [9.17, 15) is 19.5 Å². The number of hydrogen-bond acceptors (Lipinski definition) is 3. The lowest BCUT2D eigenvalue weighted by molar-refractivity contribution is -0.153. The number of rotatable bonds is 3. The van der Waals surface area contributed by atoms with Gasteiger partial charge in [0.15, 0.2) is 0 Å². The summed E-state index contributed by atoms with van der Waals surface area (Å²) in [4.78, 5) is 39.6. The molecule has 24 heavy (non-hydrogen) atoms. The Morgan fingerprint density at radius 1 is 1.21 bits per heavy atom.